The van der Waals surface area contributed by atoms with Gasteiger partial charge >= 0.3 is 6.18 Å². The van der Waals surface area contributed by atoms with E-state index >= 15 is 0 Å². The highest BCUT2D eigenvalue weighted by atomic mass is 79.9. The Bertz CT molecular complexity index is 745. The summed E-state index contributed by atoms with van der Waals surface area (Å²) in [5.41, 5.74) is -0.774. The van der Waals surface area contributed by atoms with Crippen LogP contribution in [0.5, 0.6) is 0 Å². The molecule has 8 heteroatoms. The lowest BCUT2D eigenvalue weighted by atomic mass is 10.2. The van der Waals surface area contributed by atoms with Gasteiger partial charge in [-0.25, -0.2) is 0 Å². The van der Waals surface area contributed by atoms with E-state index in [0.29, 0.717) is 4.47 Å². The minimum atomic E-state index is -4.48. The van der Waals surface area contributed by atoms with E-state index in [9.17, 15) is 23.3 Å². The number of hydrogen-bond acceptors (Lipinski definition) is 3. The van der Waals surface area contributed by atoms with Crippen molar-refractivity contribution >= 4 is 33.5 Å². The average Bonchev–Trinajstić information content (AvgIpc) is 2.45. The molecule has 0 aromatic heterocycles. The molecule has 114 valence electrons. The average molecular weight is 373 g/mol. The second-order valence-corrected chi connectivity index (χ2v) is 5.09. The van der Waals surface area contributed by atoms with Gasteiger partial charge in [-0.3, -0.25) is 15.1 Å². The molecule has 0 saturated heterocycles. The van der Waals surface area contributed by atoms with E-state index in [1.54, 1.807) is 6.07 Å². The van der Waals surface area contributed by atoms with Crippen LogP contribution in [0.4, 0.5) is 24.5 Å². The van der Waals surface area contributed by atoms with Crippen LogP contribution in [0.2, 0.25) is 0 Å². The summed E-state index contributed by atoms with van der Waals surface area (Å²) in [4.78, 5) is 14.2. The predicted molar refractivity (Wildman–Crippen MR) is 79.5 cm³/mol. The van der Waals surface area contributed by atoms with Crippen LogP contribution in [0.1, 0.15) is 11.1 Å². The zero-order valence-corrected chi connectivity index (χ0v) is 12.4. The fraction of sp³-hybridized carbons (Fsp3) is 0.0714. The SMILES string of the molecule is O=[N+]([O-])c1ccccc1C=Nc1cc(C(F)(F)F)ccc1Br. The summed E-state index contributed by atoms with van der Waals surface area (Å²) in [6.45, 7) is 0. The molecule has 0 radical (unpaired) electrons. The fourth-order valence-electron chi connectivity index (χ4n) is 1.69. The van der Waals surface area contributed by atoms with Crippen molar-refractivity contribution in [1.82, 2.24) is 0 Å². The molecule has 2 rings (SSSR count). The van der Waals surface area contributed by atoms with Crippen molar-refractivity contribution in [2.24, 2.45) is 4.99 Å². The highest BCUT2D eigenvalue weighted by molar-refractivity contribution is 9.10. The van der Waals surface area contributed by atoms with Crippen LogP contribution in [0.15, 0.2) is 51.9 Å². The van der Waals surface area contributed by atoms with Crippen LogP contribution >= 0.6 is 15.9 Å². The van der Waals surface area contributed by atoms with Gasteiger partial charge in [0.2, 0.25) is 0 Å². The van der Waals surface area contributed by atoms with Gasteiger partial charge in [0.1, 0.15) is 0 Å². The number of aliphatic imine (C=N–C) groups is 1. The summed E-state index contributed by atoms with van der Waals surface area (Å²) in [6.07, 6.45) is -3.32. The van der Waals surface area contributed by atoms with Crippen LogP contribution in [-0.4, -0.2) is 11.1 Å². The monoisotopic (exact) mass is 372 g/mol. The first-order valence-electron chi connectivity index (χ1n) is 5.93. The molecule has 0 N–H and O–H groups in total. The van der Waals surface area contributed by atoms with Gasteiger partial charge in [0, 0.05) is 16.8 Å². The minimum Gasteiger partial charge on any atom is -0.258 e. The topological polar surface area (TPSA) is 55.5 Å². The Morgan fingerprint density at radius 2 is 1.86 bits per heavy atom. The van der Waals surface area contributed by atoms with Crippen molar-refractivity contribution in [3.05, 3.63) is 68.2 Å². The Hall–Kier alpha value is -2.22. The molecule has 0 aliphatic carbocycles. The summed E-state index contributed by atoms with van der Waals surface area (Å²) in [7, 11) is 0. The van der Waals surface area contributed by atoms with Gasteiger partial charge in [0.15, 0.2) is 0 Å². The molecule has 0 amide bonds. The smallest absolute Gasteiger partial charge is 0.258 e. The van der Waals surface area contributed by atoms with Crippen LogP contribution < -0.4 is 0 Å². The number of hydrogen-bond donors (Lipinski definition) is 0. The first kappa shape index (κ1) is 16.2. The number of nitro benzene ring substituents is 1. The second-order valence-electron chi connectivity index (χ2n) is 4.24. The lowest BCUT2D eigenvalue weighted by Gasteiger charge is -2.08. The van der Waals surface area contributed by atoms with Crippen LogP contribution in [-0.2, 0) is 6.18 Å². The van der Waals surface area contributed by atoms with E-state index in [1.165, 1.54) is 30.5 Å². The fourth-order valence-corrected chi connectivity index (χ4v) is 2.04. The predicted octanol–water partition coefficient (Wildman–Crippen LogP) is 5.13. The van der Waals surface area contributed by atoms with E-state index in [2.05, 4.69) is 20.9 Å². The Morgan fingerprint density at radius 3 is 2.50 bits per heavy atom. The molecular formula is C14H8BrF3N2O2. The maximum Gasteiger partial charge on any atom is 0.416 e. The first-order valence-corrected chi connectivity index (χ1v) is 6.72. The van der Waals surface area contributed by atoms with Gasteiger partial charge in [0.05, 0.1) is 21.7 Å². The van der Waals surface area contributed by atoms with Gasteiger partial charge in [-0.2, -0.15) is 13.2 Å². The van der Waals surface area contributed by atoms with Gasteiger partial charge in [-0.05, 0) is 40.2 Å². The molecule has 0 heterocycles. The van der Waals surface area contributed by atoms with E-state index in [4.69, 9.17) is 0 Å². The number of halogens is 4. The maximum absolute atomic E-state index is 12.7. The number of rotatable bonds is 3. The highest BCUT2D eigenvalue weighted by Crippen LogP contribution is 2.35. The molecule has 0 bridgehead atoms. The summed E-state index contributed by atoms with van der Waals surface area (Å²) in [5.74, 6) is 0. The summed E-state index contributed by atoms with van der Waals surface area (Å²) in [6, 6.07) is 8.86. The third kappa shape index (κ3) is 3.70. The number of benzene rings is 2. The molecule has 4 nitrogen and oxygen atoms in total. The minimum absolute atomic E-state index is 0.0352. The van der Waals surface area contributed by atoms with Crippen LogP contribution in [0.25, 0.3) is 0 Å². The maximum atomic E-state index is 12.7. The molecule has 0 fully saturated rings. The number of alkyl halides is 3. The lowest BCUT2D eigenvalue weighted by molar-refractivity contribution is -0.385. The summed E-state index contributed by atoms with van der Waals surface area (Å²) < 4.78 is 38.4. The van der Waals surface area contributed by atoms with Crippen LogP contribution in [0, 0.1) is 10.1 Å². The lowest BCUT2D eigenvalue weighted by Crippen LogP contribution is -2.04. The van der Waals surface area contributed by atoms with E-state index in [1.807, 2.05) is 0 Å². The third-order valence-electron chi connectivity index (χ3n) is 2.75. The van der Waals surface area contributed by atoms with Crippen LogP contribution in [0.3, 0.4) is 0 Å². The zero-order chi connectivity index (χ0) is 16.3. The number of nitro groups is 1. The molecular weight excluding hydrogens is 365 g/mol. The molecule has 0 spiro atoms. The summed E-state index contributed by atoms with van der Waals surface area (Å²) in [5, 5.41) is 10.9. The van der Waals surface area contributed by atoms with Gasteiger partial charge in [-0.15, -0.1) is 0 Å². The zero-order valence-electron chi connectivity index (χ0n) is 10.8. The largest absolute Gasteiger partial charge is 0.416 e. The molecule has 0 aliphatic heterocycles. The van der Waals surface area contributed by atoms with Crippen molar-refractivity contribution in [3.8, 4) is 0 Å². The Kier molecular flexibility index (Phi) is 4.60. The van der Waals surface area contributed by atoms with Gasteiger partial charge in [-0.1, -0.05) is 12.1 Å². The number of nitrogens with zero attached hydrogens (tertiary/aromatic N) is 2. The Balaban J connectivity index is 2.41. The van der Waals surface area contributed by atoms with E-state index in [-0.39, 0.29) is 16.9 Å². The van der Waals surface area contributed by atoms with E-state index in [0.717, 1.165) is 12.1 Å². The standard InChI is InChI=1S/C14H8BrF3N2O2/c15-11-6-5-10(14(16,17)18)7-12(11)19-8-9-3-1-2-4-13(9)20(21)22/h1-8H. The normalized spacial score (nSPS) is 11.8. The second kappa shape index (κ2) is 6.27. The quantitative estimate of drug-likeness (QED) is 0.426. The first-order chi connectivity index (χ1) is 10.3. The van der Waals surface area contributed by atoms with Crippen molar-refractivity contribution in [2.45, 2.75) is 6.18 Å². The van der Waals surface area contributed by atoms with Crippen molar-refractivity contribution in [1.29, 1.82) is 0 Å². The molecule has 0 atom stereocenters. The van der Waals surface area contributed by atoms with Crippen molar-refractivity contribution in [2.75, 3.05) is 0 Å². The molecule has 22 heavy (non-hydrogen) atoms. The van der Waals surface area contributed by atoms with Crippen molar-refractivity contribution < 1.29 is 18.1 Å². The molecule has 0 unspecified atom stereocenters. The third-order valence-corrected chi connectivity index (χ3v) is 3.42. The van der Waals surface area contributed by atoms with E-state index < -0.39 is 16.7 Å². The Labute approximate surface area is 131 Å². The van der Waals surface area contributed by atoms with Crippen molar-refractivity contribution in [3.63, 3.8) is 0 Å². The number of para-hydroxylation sites is 1. The summed E-state index contributed by atoms with van der Waals surface area (Å²) >= 11 is 3.10. The molecule has 2 aromatic rings. The van der Waals surface area contributed by atoms with Gasteiger partial charge in [0.25, 0.3) is 5.69 Å². The highest BCUT2D eigenvalue weighted by Gasteiger charge is 2.30. The Morgan fingerprint density at radius 1 is 1.18 bits per heavy atom. The molecule has 0 aliphatic rings. The van der Waals surface area contributed by atoms with Gasteiger partial charge < -0.3 is 0 Å². The molecule has 0 saturated carbocycles. The molecule has 2 aromatic carbocycles.